The second-order valence-electron chi connectivity index (χ2n) is 15.5. The summed E-state index contributed by atoms with van der Waals surface area (Å²) < 4.78 is 12.2. The molecule has 0 aliphatic heterocycles. The molecule has 0 atom stereocenters. The molecule has 51 heavy (non-hydrogen) atoms. The molecule has 0 saturated carbocycles. The van der Waals surface area contributed by atoms with Crippen LogP contribution in [0.15, 0.2) is 48.5 Å². The lowest BCUT2D eigenvalue weighted by molar-refractivity contribution is 0.304. The lowest BCUT2D eigenvalue weighted by Gasteiger charge is -2.26. The summed E-state index contributed by atoms with van der Waals surface area (Å²) in [5, 5.41) is 2.12. The van der Waals surface area contributed by atoms with Crippen LogP contribution in [0.4, 0.5) is 0 Å². The van der Waals surface area contributed by atoms with E-state index in [9.17, 15) is 4.80 Å². The second kappa shape index (κ2) is 31.7. The van der Waals surface area contributed by atoms with Gasteiger partial charge in [0.2, 0.25) is 0 Å². The van der Waals surface area contributed by atoms with E-state index in [-0.39, 0.29) is 0 Å². The Hall–Kier alpha value is -1.78. The van der Waals surface area contributed by atoms with Gasteiger partial charge >= 0.3 is 0 Å². The molecule has 0 aliphatic rings. The van der Waals surface area contributed by atoms with Crippen molar-refractivity contribution in [1.82, 2.24) is 0 Å². The van der Waals surface area contributed by atoms with E-state index in [1.165, 1.54) is 167 Å². The Kier molecular flexibility index (Phi) is 28.2. The minimum Gasteiger partial charge on any atom is -0.494 e. The molecule has 0 heterocycles. The third-order valence-electron chi connectivity index (χ3n) is 10.8. The SMILES string of the molecule is CCCCCCCCCCCCCCCCOc1ccc([Si](O)(CCC)c2ccc(OCCCCCCCCCCCCCCCC)cc2)cc1. The molecule has 2 aromatic carbocycles. The van der Waals surface area contributed by atoms with Crippen LogP contribution in [0, 0.1) is 0 Å². The Balaban J connectivity index is 1.57. The Morgan fingerprint density at radius 2 is 0.608 bits per heavy atom. The molecule has 2 rings (SSSR count). The topological polar surface area (TPSA) is 38.7 Å². The second-order valence-corrected chi connectivity index (χ2v) is 18.9. The van der Waals surface area contributed by atoms with Crippen molar-refractivity contribution in [2.24, 2.45) is 0 Å². The van der Waals surface area contributed by atoms with Crippen LogP contribution in [0.2, 0.25) is 6.04 Å². The molecule has 0 bridgehead atoms. The monoisotopic (exact) mass is 723 g/mol. The maximum absolute atomic E-state index is 12.0. The number of ether oxygens (including phenoxy) is 2. The fourth-order valence-corrected chi connectivity index (χ4v) is 10.5. The van der Waals surface area contributed by atoms with Gasteiger partial charge in [-0.1, -0.05) is 218 Å². The molecular formula is C47H82O3Si. The Bertz CT molecular complexity index is 943. The van der Waals surface area contributed by atoms with Crippen LogP contribution >= 0.6 is 0 Å². The number of rotatable bonds is 36. The van der Waals surface area contributed by atoms with E-state index in [1.807, 2.05) is 0 Å². The molecule has 4 heteroatoms. The summed E-state index contributed by atoms with van der Waals surface area (Å²) in [6, 6.07) is 17.4. The van der Waals surface area contributed by atoms with Crippen molar-refractivity contribution in [3.63, 3.8) is 0 Å². The van der Waals surface area contributed by atoms with Crippen LogP contribution in [0.1, 0.15) is 207 Å². The van der Waals surface area contributed by atoms with Crippen molar-refractivity contribution in [2.75, 3.05) is 13.2 Å². The van der Waals surface area contributed by atoms with Gasteiger partial charge in [0, 0.05) is 0 Å². The normalized spacial score (nSPS) is 11.7. The zero-order chi connectivity index (χ0) is 36.5. The largest absolute Gasteiger partial charge is 0.494 e. The minimum absolute atomic E-state index is 0.773. The van der Waals surface area contributed by atoms with Gasteiger partial charge in [0.05, 0.1) is 13.2 Å². The van der Waals surface area contributed by atoms with E-state index in [2.05, 4.69) is 69.3 Å². The van der Waals surface area contributed by atoms with Crippen molar-refractivity contribution in [1.29, 1.82) is 0 Å². The zero-order valence-electron chi connectivity index (χ0n) is 34.0. The summed E-state index contributed by atoms with van der Waals surface area (Å²) in [7, 11) is -2.81. The van der Waals surface area contributed by atoms with Crippen molar-refractivity contribution in [2.45, 2.75) is 213 Å². The fraction of sp³-hybridized carbons (Fsp3) is 0.745. The molecule has 0 aliphatic carbocycles. The van der Waals surface area contributed by atoms with Gasteiger partial charge < -0.3 is 14.3 Å². The predicted octanol–water partition coefficient (Wildman–Crippen LogP) is 13.9. The lowest BCUT2D eigenvalue weighted by Crippen LogP contribution is -2.58. The smallest absolute Gasteiger partial charge is 0.252 e. The molecule has 292 valence electrons. The third kappa shape index (κ3) is 22.1. The number of benzene rings is 2. The highest BCUT2D eigenvalue weighted by atomic mass is 28.4. The first kappa shape index (κ1) is 45.4. The average Bonchev–Trinajstić information content (AvgIpc) is 3.15. The van der Waals surface area contributed by atoms with E-state index in [1.54, 1.807) is 0 Å². The number of hydrogen-bond acceptors (Lipinski definition) is 3. The van der Waals surface area contributed by atoms with Gasteiger partial charge in [-0.25, -0.2) is 0 Å². The Morgan fingerprint density at radius 3 is 0.863 bits per heavy atom. The highest BCUT2D eigenvalue weighted by Gasteiger charge is 2.35. The fourth-order valence-electron chi connectivity index (χ4n) is 7.44. The van der Waals surface area contributed by atoms with Crippen molar-refractivity contribution in [3.05, 3.63) is 48.5 Å². The van der Waals surface area contributed by atoms with Crippen molar-refractivity contribution < 1.29 is 14.3 Å². The van der Waals surface area contributed by atoms with Gasteiger partial charge in [-0.2, -0.15) is 0 Å². The molecule has 0 fully saturated rings. The number of hydrogen-bond donors (Lipinski definition) is 1. The first-order valence-electron chi connectivity index (χ1n) is 22.3. The summed E-state index contributed by atoms with van der Waals surface area (Å²) in [5.74, 6) is 1.82. The quantitative estimate of drug-likeness (QED) is 0.0562. The Morgan fingerprint density at radius 1 is 0.353 bits per heavy atom. The summed E-state index contributed by atoms with van der Waals surface area (Å²) in [6.45, 7) is 8.29. The van der Waals surface area contributed by atoms with Gasteiger partial charge in [-0.05, 0) is 53.5 Å². The van der Waals surface area contributed by atoms with Crippen LogP contribution in [0.25, 0.3) is 0 Å². The van der Waals surface area contributed by atoms with Crippen molar-refractivity contribution >= 4 is 18.7 Å². The van der Waals surface area contributed by atoms with Gasteiger partial charge in [0.25, 0.3) is 8.32 Å². The maximum atomic E-state index is 12.0. The van der Waals surface area contributed by atoms with E-state index >= 15 is 0 Å². The van der Waals surface area contributed by atoms with E-state index in [0.717, 1.165) is 60.4 Å². The third-order valence-corrected chi connectivity index (χ3v) is 14.6. The molecule has 0 spiro atoms. The van der Waals surface area contributed by atoms with Crippen LogP contribution in [-0.4, -0.2) is 26.3 Å². The minimum atomic E-state index is -2.81. The molecule has 1 N–H and O–H groups in total. The molecular weight excluding hydrogens is 641 g/mol. The first-order chi connectivity index (χ1) is 25.1. The molecule has 0 aromatic heterocycles. The van der Waals surface area contributed by atoms with E-state index in [4.69, 9.17) is 9.47 Å². The standard InChI is InChI=1S/C47H82O3Si/c1-4-7-9-11-13-15-17-19-21-23-25-27-29-31-41-49-44-33-37-46(38-34-44)51(48,43-6-3)47-39-35-45(36-40-47)50-42-32-30-28-26-24-22-20-18-16-14-12-10-8-5-2/h33-40,48H,4-32,41-43H2,1-3H3. The zero-order valence-corrected chi connectivity index (χ0v) is 35.0. The molecule has 3 nitrogen and oxygen atoms in total. The highest BCUT2D eigenvalue weighted by Crippen LogP contribution is 2.19. The summed E-state index contributed by atoms with van der Waals surface area (Å²) in [4.78, 5) is 12.0. The van der Waals surface area contributed by atoms with Crippen LogP contribution in [0.3, 0.4) is 0 Å². The molecule has 0 radical (unpaired) electrons. The molecule has 0 amide bonds. The molecule has 2 aromatic rings. The van der Waals surface area contributed by atoms with Crippen LogP contribution in [0.5, 0.6) is 11.5 Å². The van der Waals surface area contributed by atoms with Crippen molar-refractivity contribution in [3.8, 4) is 11.5 Å². The first-order valence-corrected chi connectivity index (χ1v) is 24.5. The van der Waals surface area contributed by atoms with E-state index < -0.39 is 8.32 Å². The number of unbranched alkanes of at least 4 members (excludes halogenated alkanes) is 26. The van der Waals surface area contributed by atoms with Gasteiger partial charge in [-0.3, -0.25) is 0 Å². The van der Waals surface area contributed by atoms with Crippen LogP contribution in [-0.2, 0) is 0 Å². The van der Waals surface area contributed by atoms with Gasteiger partial charge in [-0.15, -0.1) is 0 Å². The van der Waals surface area contributed by atoms with Gasteiger partial charge in [0.1, 0.15) is 11.5 Å². The molecule has 0 unspecified atom stereocenters. The average molecular weight is 723 g/mol. The summed E-state index contributed by atoms with van der Waals surface area (Å²) >= 11 is 0. The summed E-state index contributed by atoms with van der Waals surface area (Å²) in [5.41, 5.74) is 0. The van der Waals surface area contributed by atoms with Gasteiger partial charge in [0.15, 0.2) is 0 Å². The van der Waals surface area contributed by atoms with Crippen LogP contribution < -0.4 is 19.8 Å². The predicted molar refractivity (Wildman–Crippen MR) is 227 cm³/mol. The molecule has 0 saturated heterocycles. The lowest BCUT2D eigenvalue weighted by atomic mass is 10.0. The maximum Gasteiger partial charge on any atom is 0.252 e. The summed E-state index contributed by atoms with van der Waals surface area (Å²) in [6.07, 6.45) is 39.3. The van der Waals surface area contributed by atoms with E-state index in [0.29, 0.717) is 0 Å². The Labute approximate surface area is 318 Å². The highest BCUT2D eigenvalue weighted by molar-refractivity contribution is 6.96.